The van der Waals surface area contributed by atoms with Gasteiger partial charge in [0.05, 0.1) is 0 Å². The van der Waals surface area contributed by atoms with E-state index in [2.05, 4.69) is 48.3 Å². The van der Waals surface area contributed by atoms with Gasteiger partial charge in [0.1, 0.15) is 11.9 Å². The number of halogens is 1. The fourth-order valence-electron chi connectivity index (χ4n) is 4.62. The molecule has 0 aliphatic carbocycles. The molecule has 7 heteroatoms. The summed E-state index contributed by atoms with van der Waals surface area (Å²) in [6, 6.07) is 6.34. The maximum absolute atomic E-state index is 13.0. The van der Waals surface area contributed by atoms with Crippen molar-refractivity contribution in [2.75, 3.05) is 26.7 Å². The molecule has 1 aromatic carbocycles. The van der Waals surface area contributed by atoms with Crippen molar-refractivity contribution in [3.8, 4) is 0 Å². The van der Waals surface area contributed by atoms with Gasteiger partial charge in [-0.3, -0.25) is 19.4 Å². The third-order valence-electron chi connectivity index (χ3n) is 6.13. The number of benzene rings is 1. The van der Waals surface area contributed by atoms with Gasteiger partial charge in [-0.05, 0) is 43.0 Å². The van der Waals surface area contributed by atoms with Crippen LogP contribution >= 0.6 is 0 Å². The predicted octanol–water partition coefficient (Wildman–Crippen LogP) is 2.14. The molecule has 0 unspecified atom stereocenters. The summed E-state index contributed by atoms with van der Waals surface area (Å²) >= 11 is 0. The predicted molar refractivity (Wildman–Crippen MR) is 115 cm³/mol. The van der Waals surface area contributed by atoms with Crippen LogP contribution in [0.15, 0.2) is 24.3 Å². The van der Waals surface area contributed by atoms with E-state index >= 15 is 0 Å². The molecule has 2 aliphatic rings. The van der Waals surface area contributed by atoms with Gasteiger partial charge in [-0.1, -0.05) is 32.9 Å². The van der Waals surface area contributed by atoms with Crippen LogP contribution in [0.4, 0.5) is 4.39 Å². The smallest absolute Gasteiger partial charge is 0.239 e. The number of likely N-dealkylation sites (tertiary alicyclic amines) is 1. The zero-order valence-corrected chi connectivity index (χ0v) is 18.6. The van der Waals surface area contributed by atoms with Crippen molar-refractivity contribution in [3.05, 3.63) is 35.6 Å². The van der Waals surface area contributed by atoms with E-state index in [1.165, 1.54) is 12.1 Å². The van der Waals surface area contributed by atoms with E-state index in [9.17, 15) is 14.0 Å². The second-order valence-corrected chi connectivity index (χ2v) is 9.84. The van der Waals surface area contributed by atoms with Crippen LogP contribution in [0.1, 0.15) is 45.6 Å². The van der Waals surface area contributed by atoms with Crippen LogP contribution in [0.3, 0.4) is 0 Å². The lowest BCUT2D eigenvalue weighted by Gasteiger charge is -2.34. The van der Waals surface area contributed by atoms with Crippen molar-refractivity contribution >= 4 is 11.8 Å². The van der Waals surface area contributed by atoms with Crippen LogP contribution in [-0.2, 0) is 16.1 Å². The fourth-order valence-corrected chi connectivity index (χ4v) is 4.62. The van der Waals surface area contributed by atoms with Crippen molar-refractivity contribution in [1.29, 1.82) is 0 Å². The molecule has 1 aromatic rings. The third-order valence-corrected chi connectivity index (χ3v) is 6.13. The topological polar surface area (TPSA) is 64.7 Å². The number of carbonyl (C=O) groups excluding carboxylic acids is 2. The SMILES string of the molecule is CN1[C@@H](CCC(=O)NCc2ccc(F)cc2)CNC(=O)[C@@H]2[C@H]1CCN2CC(C)(C)C. The maximum atomic E-state index is 13.0. The standard InChI is InChI=1S/C23H35FN4O2/c1-23(2,3)15-28-12-11-19-21(28)22(30)26-14-18(27(19)4)9-10-20(29)25-13-16-5-7-17(24)8-6-16/h5-8,18-19,21H,9-15H2,1-4H3,(H,25,29)(H,26,30)/t18-,19+,21-/m0/s1. The van der Waals surface area contributed by atoms with Gasteiger partial charge < -0.3 is 10.6 Å². The lowest BCUT2D eigenvalue weighted by atomic mass is 9.95. The summed E-state index contributed by atoms with van der Waals surface area (Å²) in [5.74, 6) is -0.202. The summed E-state index contributed by atoms with van der Waals surface area (Å²) in [4.78, 5) is 29.8. The minimum absolute atomic E-state index is 0.0272. The fraction of sp³-hybridized carbons (Fsp3) is 0.652. The summed E-state index contributed by atoms with van der Waals surface area (Å²) in [5.41, 5.74) is 1.01. The Labute approximate surface area is 179 Å². The minimum atomic E-state index is -0.283. The van der Waals surface area contributed by atoms with Gasteiger partial charge in [0.25, 0.3) is 0 Å². The van der Waals surface area contributed by atoms with Gasteiger partial charge in [-0.2, -0.15) is 0 Å². The first kappa shape index (κ1) is 22.7. The van der Waals surface area contributed by atoms with Crippen LogP contribution in [0.25, 0.3) is 0 Å². The van der Waals surface area contributed by atoms with Gasteiger partial charge in [0.2, 0.25) is 11.8 Å². The Bertz CT molecular complexity index is 747. The Balaban J connectivity index is 1.53. The van der Waals surface area contributed by atoms with Crippen molar-refractivity contribution in [2.45, 2.75) is 64.7 Å². The normalized spacial score (nSPS) is 25.5. The number of likely N-dealkylation sites (N-methyl/N-ethyl adjacent to an activating group) is 1. The second kappa shape index (κ2) is 9.43. The van der Waals surface area contributed by atoms with Crippen molar-refractivity contribution in [2.24, 2.45) is 5.41 Å². The highest BCUT2D eigenvalue weighted by Crippen LogP contribution is 2.30. The first-order valence-electron chi connectivity index (χ1n) is 10.9. The summed E-state index contributed by atoms with van der Waals surface area (Å²) in [5, 5.41) is 6.01. The molecule has 0 spiro atoms. The van der Waals surface area contributed by atoms with Crippen LogP contribution in [0.2, 0.25) is 0 Å². The molecule has 3 rings (SSSR count). The highest BCUT2D eigenvalue weighted by molar-refractivity contribution is 5.83. The van der Waals surface area contributed by atoms with E-state index in [4.69, 9.17) is 0 Å². The number of nitrogens with zero attached hydrogens (tertiary/aromatic N) is 2. The summed E-state index contributed by atoms with van der Waals surface area (Å²) in [7, 11) is 2.08. The molecule has 0 aromatic heterocycles. The van der Waals surface area contributed by atoms with Gasteiger partial charge in [0, 0.05) is 44.7 Å². The molecule has 0 saturated carbocycles. The van der Waals surface area contributed by atoms with Crippen molar-refractivity contribution < 1.29 is 14.0 Å². The molecule has 2 N–H and O–H groups in total. The molecule has 2 amide bonds. The minimum Gasteiger partial charge on any atom is -0.353 e. The Morgan fingerprint density at radius 2 is 1.97 bits per heavy atom. The molecular formula is C23H35FN4O2. The van der Waals surface area contributed by atoms with E-state index in [0.717, 1.165) is 25.1 Å². The second-order valence-electron chi connectivity index (χ2n) is 9.84. The van der Waals surface area contributed by atoms with E-state index in [-0.39, 0.29) is 41.2 Å². The molecule has 30 heavy (non-hydrogen) atoms. The van der Waals surface area contributed by atoms with E-state index in [0.29, 0.717) is 25.9 Å². The molecule has 2 aliphatic heterocycles. The average molecular weight is 419 g/mol. The van der Waals surface area contributed by atoms with Crippen LogP contribution in [0, 0.1) is 11.2 Å². The number of hydrogen-bond acceptors (Lipinski definition) is 4. The lowest BCUT2D eigenvalue weighted by Crippen LogP contribution is -2.51. The van der Waals surface area contributed by atoms with E-state index < -0.39 is 0 Å². The third kappa shape index (κ3) is 5.79. The van der Waals surface area contributed by atoms with Crippen LogP contribution in [-0.4, -0.2) is 66.4 Å². The molecule has 0 radical (unpaired) electrons. The van der Waals surface area contributed by atoms with Crippen LogP contribution in [0.5, 0.6) is 0 Å². The first-order valence-corrected chi connectivity index (χ1v) is 10.9. The van der Waals surface area contributed by atoms with Crippen molar-refractivity contribution in [1.82, 2.24) is 20.4 Å². The summed E-state index contributed by atoms with van der Waals surface area (Å²) < 4.78 is 13.0. The van der Waals surface area contributed by atoms with Crippen molar-refractivity contribution in [3.63, 3.8) is 0 Å². The molecule has 0 bridgehead atoms. The largest absolute Gasteiger partial charge is 0.353 e. The average Bonchev–Trinajstić information content (AvgIpc) is 3.03. The molecular weight excluding hydrogens is 383 g/mol. The summed E-state index contributed by atoms with van der Waals surface area (Å²) in [6.07, 6.45) is 2.06. The number of carbonyl (C=O) groups is 2. The van der Waals surface area contributed by atoms with Gasteiger partial charge in [-0.25, -0.2) is 4.39 Å². The van der Waals surface area contributed by atoms with Gasteiger partial charge in [0.15, 0.2) is 0 Å². The molecule has 2 fully saturated rings. The zero-order valence-electron chi connectivity index (χ0n) is 18.6. The Hall–Kier alpha value is -1.99. The van der Waals surface area contributed by atoms with E-state index in [1.54, 1.807) is 12.1 Å². The number of fused-ring (bicyclic) bond motifs is 1. The lowest BCUT2D eigenvalue weighted by molar-refractivity contribution is -0.126. The molecule has 2 saturated heterocycles. The quantitative estimate of drug-likeness (QED) is 0.743. The molecule has 2 heterocycles. The Morgan fingerprint density at radius 1 is 1.27 bits per heavy atom. The van der Waals surface area contributed by atoms with Crippen LogP contribution < -0.4 is 10.6 Å². The zero-order chi connectivity index (χ0) is 21.9. The molecule has 6 nitrogen and oxygen atoms in total. The monoisotopic (exact) mass is 418 g/mol. The highest BCUT2D eigenvalue weighted by Gasteiger charge is 2.45. The maximum Gasteiger partial charge on any atom is 0.239 e. The Kier molecular flexibility index (Phi) is 7.14. The Morgan fingerprint density at radius 3 is 2.63 bits per heavy atom. The van der Waals surface area contributed by atoms with E-state index in [1.807, 2.05) is 0 Å². The molecule has 3 atom stereocenters. The van der Waals surface area contributed by atoms with Gasteiger partial charge >= 0.3 is 0 Å². The number of rotatable bonds is 6. The summed E-state index contributed by atoms with van der Waals surface area (Å²) in [6.45, 7) is 9.38. The first-order chi connectivity index (χ1) is 14.1. The number of amides is 2. The number of hydrogen-bond donors (Lipinski definition) is 2. The highest BCUT2D eigenvalue weighted by atomic mass is 19.1. The van der Waals surface area contributed by atoms with Gasteiger partial charge in [-0.15, -0.1) is 0 Å². The molecule has 166 valence electrons. The number of nitrogens with one attached hydrogen (secondary N) is 2.